The van der Waals surface area contributed by atoms with E-state index in [9.17, 15) is 18.0 Å². The van der Waals surface area contributed by atoms with Crippen LogP contribution in [0.25, 0.3) is 0 Å². The lowest BCUT2D eigenvalue weighted by Crippen LogP contribution is -2.17. The van der Waals surface area contributed by atoms with E-state index in [-0.39, 0.29) is 29.5 Å². The van der Waals surface area contributed by atoms with Gasteiger partial charge in [0.05, 0.1) is 11.7 Å². The summed E-state index contributed by atoms with van der Waals surface area (Å²) in [6.07, 6.45) is -2.56. The predicted molar refractivity (Wildman–Crippen MR) is 98.2 cm³/mol. The molecule has 0 spiro atoms. The maximum Gasteiger partial charge on any atom is 0.416 e. The lowest BCUT2D eigenvalue weighted by atomic mass is 10.1. The lowest BCUT2D eigenvalue weighted by Gasteiger charge is -2.14. The molecule has 1 aliphatic heterocycles. The molecule has 5 nitrogen and oxygen atoms in total. The molecule has 2 aromatic rings. The van der Waals surface area contributed by atoms with Crippen molar-refractivity contribution in [3.8, 4) is 5.75 Å². The standard InChI is InChI=1S/C20H21F3N2O3/c21-20(22,23)15-7-13(11-24)8-16(10-15)25-19(26)14-3-1-4-17(9-14)28-12-18-5-2-6-27-18/h1,3-4,7-10,18H,2,5-6,11-12,24H2,(H,25,26). The minimum absolute atomic E-state index is 0.0333. The van der Waals surface area contributed by atoms with Crippen molar-refractivity contribution in [2.75, 3.05) is 18.5 Å². The number of ether oxygens (including phenoxy) is 2. The van der Waals surface area contributed by atoms with Crippen molar-refractivity contribution in [3.63, 3.8) is 0 Å². The second-order valence-corrected chi connectivity index (χ2v) is 6.55. The minimum Gasteiger partial charge on any atom is -0.491 e. The summed E-state index contributed by atoms with van der Waals surface area (Å²) < 4.78 is 50.2. The van der Waals surface area contributed by atoms with Crippen molar-refractivity contribution in [1.29, 1.82) is 0 Å². The Morgan fingerprint density at radius 1 is 1.25 bits per heavy atom. The molecule has 0 aromatic heterocycles. The van der Waals surface area contributed by atoms with Crippen molar-refractivity contribution in [1.82, 2.24) is 0 Å². The molecular formula is C20H21F3N2O3. The Bertz CT molecular complexity index is 834. The van der Waals surface area contributed by atoms with E-state index in [2.05, 4.69) is 5.32 Å². The van der Waals surface area contributed by atoms with E-state index in [1.54, 1.807) is 24.3 Å². The summed E-state index contributed by atoms with van der Waals surface area (Å²) in [5, 5.41) is 2.50. The number of hydrogen-bond acceptors (Lipinski definition) is 4. The van der Waals surface area contributed by atoms with Gasteiger partial charge in [-0.2, -0.15) is 13.2 Å². The number of anilines is 1. The quantitative estimate of drug-likeness (QED) is 0.778. The highest BCUT2D eigenvalue weighted by Gasteiger charge is 2.31. The van der Waals surface area contributed by atoms with E-state index < -0.39 is 17.6 Å². The van der Waals surface area contributed by atoms with E-state index in [1.807, 2.05) is 0 Å². The number of nitrogens with one attached hydrogen (secondary N) is 1. The monoisotopic (exact) mass is 394 g/mol. The second-order valence-electron chi connectivity index (χ2n) is 6.55. The van der Waals surface area contributed by atoms with Crippen molar-refractivity contribution in [3.05, 3.63) is 59.2 Å². The highest BCUT2D eigenvalue weighted by Crippen LogP contribution is 2.32. The maximum atomic E-state index is 13.0. The number of carbonyl (C=O) groups is 1. The van der Waals surface area contributed by atoms with Crippen LogP contribution in [0.4, 0.5) is 18.9 Å². The molecule has 1 fully saturated rings. The number of hydrogen-bond donors (Lipinski definition) is 2. The smallest absolute Gasteiger partial charge is 0.416 e. The van der Waals surface area contributed by atoms with Crippen LogP contribution in [-0.4, -0.2) is 25.2 Å². The van der Waals surface area contributed by atoms with E-state index in [0.29, 0.717) is 12.4 Å². The molecule has 28 heavy (non-hydrogen) atoms. The third kappa shape index (κ3) is 5.24. The topological polar surface area (TPSA) is 73.6 Å². The van der Waals surface area contributed by atoms with Crippen LogP contribution < -0.4 is 15.8 Å². The fraction of sp³-hybridized carbons (Fsp3) is 0.350. The fourth-order valence-electron chi connectivity index (χ4n) is 2.94. The predicted octanol–water partition coefficient (Wildman–Crippen LogP) is 3.97. The van der Waals surface area contributed by atoms with Gasteiger partial charge in [-0.05, 0) is 54.8 Å². The first-order chi connectivity index (χ1) is 13.3. The largest absolute Gasteiger partial charge is 0.491 e. The number of benzene rings is 2. The van der Waals surface area contributed by atoms with Gasteiger partial charge in [-0.1, -0.05) is 6.07 Å². The van der Waals surface area contributed by atoms with Crippen molar-refractivity contribution < 1.29 is 27.4 Å². The summed E-state index contributed by atoms with van der Waals surface area (Å²) in [6.45, 7) is 1.04. The molecule has 150 valence electrons. The highest BCUT2D eigenvalue weighted by molar-refractivity contribution is 6.04. The van der Waals surface area contributed by atoms with Gasteiger partial charge in [0.15, 0.2) is 0 Å². The summed E-state index contributed by atoms with van der Waals surface area (Å²) in [6, 6.07) is 9.74. The van der Waals surface area contributed by atoms with Crippen LogP contribution >= 0.6 is 0 Å². The summed E-state index contributed by atoms with van der Waals surface area (Å²) >= 11 is 0. The zero-order chi connectivity index (χ0) is 20.1. The molecule has 1 saturated heterocycles. The average Bonchev–Trinajstić information content (AvgIpc) is 3.19. The fourth-order valence-corrected chi connectivity index (χ4v) is 2.94. The number of nitrogens with two attached hydrogens (primary N) is 1. The van der Waals surface area contributed by atoms with Gasteiger partial charge in [-0.25, -0.2) is 0 Å². The van der Waals surface area contributed by atoms with E-state index in [0.717, 1.165) is 31.6 Å². The zero-order valence-electron chi connectivity index (χ0n) is 15.1. The Labute approximate surface area is 160 Å². The van der Waals surface area contributed by atoms with Gasteiger partial charge in [-0.15, -0.1) is 0 Å². The number of rotatable bonds is 6. The summed E-state index contributed by atoms with van der Waals surface area (Å²) in [5.41, 5.74) is 5.19. The number of halogens is 3. The van der Waals surface area contributed by atoms with Crippen molar-refractivity contribution in [2.45, 2.75) is 31.7 Å². The van der Waals surface area contributed by atoms with Crippen LogP contribution in [0.5, 0.6) is 5.75 Å². The molecular weight excluding hydrogens is 373 g/mol. The Morgan fingerprint density at radius 3 is 2.75 bits per heavy atom. The molecule has 1 atom stereocenters. The van der Waals surface area contributed by atoms with E-state index in [1.165, 1.54) is 6.07 Å². The molecule has 2 aromatic carbocycles. The van der Waals surface area contributed by atoms with E-state index >= 15 is 0 Å². The molecule has 8 heteroatoms. The van der Waals surface area contributed by atoms with Gasteiger partial charge in [-0.3, -0.25) is 4.79 Å². The first kappa shape index (κ1) is 20.2. The van der Waals surface area contributed by atoms with Gasteiger partial charge in [0, 0.05) is 24.4 Å². The summed E-state index contributed by atoms with van der Waals surface area (Å²) in [7, 11) is 0. The van der Waals surface area contributed by atoms with Gasteiger partial charge < -0.3 is 20.5 Å². The van der Waals surface area contributed by atoms with Crippen LogP contribution in [0.1, 0.15) is 34.3 Å². The molecule has 0 radical (unpaired) electrons. The average molecular weight is 394 g/mol. The highest BCUT2D eigenvalue weighted by atomic mass is 19.4. The number of amides is 1. The molecule has 0 aliphatic carbocycles. The Morgan fingerprint density at radius 2 is 2.07 bits per heavy atom. The Balaban J connectivity index is 1.71. The number of alkyl halides is 3. The Kier molecular flexibility index (Phi) is 6.21. The van der Waals surface area contributed by atoms with Gasteiger partial charge in [0.1, 0.15) is 12.4 Å². The molecule has 1 amide bonds. The van der Waals surface area contributed by atoms with Crippen LogP contribution in [0.3, 0.4) is 0 Å². The Hall–Kier alpha value is -2.58. The third-order valence-electron chi connectivity index (χ3n) is 4.37. The molecule has 1 aliphatic rings. The van der Waals surface area contributed by atoms with Crippen LogP contribution in [0, 0.1) is 0 Å². The van der Waals surface area contributed by atoms with Crippen LogP contribution in [0.15, 0.2) is 42.5 Å². The molecule has 0 bridgehead atoms. The van der Waals surface area contributed by atoms with Crippen molar-refractivity contribution >= 4 is 11.6 Å². The molecule has 1 heterocycles. The maximum absolute atomic E-state index is 13.0. The first-order valence-corrected chi connectivity index (χ1v) is 8.92. The minimum atomic E-state index is -4.53. The van der Waals surface area contributed by atoms with Gasteiger partial charge in [0.2, 0.25) is 0 Å². The SMILES string of the molecule is NCc1cc(NC(=O)c2cccc(OCC3CCCO3)c2)cc(C(F)(F)F)c1. The van der Waals surface area contributed by atoms with Gasteiger partial charge >= 0.3 is 6.18 Å². The van der Waals surface area contributed by atoms with Gasteiger partial charge in [0.25, 0.3) is 5.91 Å². The summed E-state index contributed by atoms with van der Waals surface area (Å²) in [4.78, 5) is 12.5. The zero-order valence-corrected chi connectivity index (χ0v) is 15.1. The lowest BCUT2D eigenvalue weighted by molar-refractivity contribution is -0.137. The first-order valence-electron chi connectivity index (χ1n) is 8.92. The molecule has 0 saturated carbocycles. The molecule has 1 unspecified atom stereocenters. The third-order valence-corrected chi connectivity index (χ3v) is 4.37. The van der Waals surface area contributed by atoms with Crippen LogP contribution in [-0.2, 0) is 17.5 Å². The van der Waals surface area contributed by atoms with Crippen molar-refractivity contribution in [2.24, 2.45) is 5.73 Å². The normalized spacial score (nSPS) is 16.8. The number of carbonyl (C=O) groups excluding carboxylic acids is 1. The second kappa shape index (κ2) is 8.62. The van der Waals surface area contributed by atoms with E-state index in [4.69, 9.17) is 15.2 Å². The molecule has 3 N–H and O–H groups in total. The van der Waals surface area contributed by atoms with Crippen LogP contribution in [0.2, 0.25) is 0 Å². The summed E-state index contributed by atoms with van der Waals surface area (Å²) in [5.74, 6) is -0.0419. The molecule has 3 rings (SSSR count).